The van der Waals surface area contributed by atoms with Gasteiger partial charge in [-0.15, -0.1) is 5.10 Å². The van der Waals surface area contributed by atoms with Crippen molar-refractivity contribution in [3.05, 3.63) is 18.0 Å². The van der Waals surface area contributed by atoms with E-state index in [9.17, 15) is 0 Å². The zero-order valence-corrected chi connectivity index (χ0v) is 12.0. The SMILES string of the molecule is COc1ccnc(CSc2nnnn2CCO)c1OC. The lowest BCUT2D eigenvalue weighted by Crippen LogP contribution is -2.06. The highest BCUT2D eigenvalue weighted by atomic mass is 32.2. The van der Waals surface area contributed by atoms with Crippen molar-refractivity contribution in [1.82, 2.24) is 25.2 Å². The molecule has 2 rings (SSSR count). The Balaban J connectivity index is 2.12. The molecule has 0 spiro atoms. The van der Waals surface area contributed by atoms with Crippen LogP contribution in [-0.2, 0) is 12.3 Å². The molecule has 0 fully saturated rings. The summed E-state index contributed by atoms with van der Waals surface area (Å²) in [6, 6.07) is 1.74. The smallest absolute Gasteiger partial charge is 0.209 e. The van der Waals surface area contributed by atoms with Gasteiger partial charge >= 0.3 is 0 Å². The van der Waals surface area contributed by atoms with Gasteiger partial charge in [0.1, 0.15) is 0 Å². The summed E-state index contributed by atoms with van der Waals surface area (Å²) in [5, 5.41) is 20.8. The Labute approximate surface area is 120 Å². The van der Waals surface area contributed by atoms with Crippen LogP contribution in [-0.4, -0.2) is 51.1 Å². The molecule has 0 aromatic carbocycles. The van der Waals surface area contributed by atoms with Crippen LogP contribution < -0.4 is 9.47 Å². The van der Waals surface area contributed by atoms with Gasteiger partial charge in [0.05, 0.1) is 33.1 Å². The fourth-order valence-corrected chi connectivity index (χ4v) is 2.46. The number of rotatable bonds is 7. The van der Waals surface area contributed by atoms with Crippen LogP contribution in [0, 0.1) is 0 Å². The first-order valence-electron chi connectivity index (χ1n) is 5.85. The van der Waals surface area contributed by atoms with Crippen molar-refractivity contribution in [2.75, 3.05) is 20.8 Å². The Bertz CT molecular complexity index is 563. The van der Waals surface area contributed by atoms with Crippen LogP contribution in [0.2, 0.25) is 0 Å². The van der Waals surface area contributed by atoms with E-state index >= 15 is 0 Å². The van der Waals surface area contributed by atoms with E-state index in [2.05, 4.69) is 20.5 Å². The average Bonchev–Trinajstić information content (AvgIpc) is 2.92. The van der Waals surface area contributed by atoms with Crippen LogP contribution in [0.5, 0.6) is 11.5 Å². The third-order valence-electron chi connectivity index (χ3n) is 2.52. The summed E-state index contributed by atoms with van der Waals surface area (Å²) in [4.78, 5) is 4.28. The lowest BCUT2D eigenvalue weighted by atomic mass is 10.3. The number of nitrogens with zero attached hydrogens (tertiary/aromatic N) is 5. The Hall–Kier alpha value is -1.87. The first-order chi connectivity index (χ1) is 9.80. The summed E-state index contributed by atoms with van der Waals surface area (Å²) in [5.41, 5.74) is 0.746. The molecule has 2 aromatic heterocycles. The number of tetrazole rings is 1. The Morgan fingerprint density at radius 1 is 1.35 bits per heavy atom. The van der Waals surface area contributed by atoms with Crippen LogP contribution >= 0.6 is 11.8 Å². The van der Waals surface area contributed by atoms with Crippen LogP contribution in [0.4, 0.5) is 0 Å². The summed E-state index contributed by atoms with van der Waals surface area (Å²) in [5.74, 6) is 1.77. The number of ether oxygens (including phenoxy) is 2. The fourth-order valence-electron chi connectivity index (χ4n) is 1.62. The number of aliphatic hydroxyl groups is 1. The largest absolute Gasteiger partial charge is 0.493 e. The van der Waals surface area contributed by atoms with E-state index in [1.165, 1.54) is 16.4 Å². The zero-order chi connectivity index (χ0) is 14.4. The average molecular weight is 297 g/mol. The first kappa shape index (κ1) is 14.5. The van der Waals surface area contributed by atoms with Gasteiger partial charge in [-0.05, 0) is 10.4 Å². The lowest BCUT2D eigenvalue weighted by molar-refractivity contribution is 0.262. The molecule has 0 radical (unpaired) electrons. The number of hydrogen-bond donors (Lipinski definition) is 1. The van der Waals surface area contributed by atoms with E-state index in [1.54, 1.807) is 26.5 Å². The Morgan fingerprint density at radius 3 is 2.90 bits per heavy atom. The summed E-state index contributed by atoms with van der Waals surface area (Å²) < 4.78 is 12.1. The Kier molecular flexibility index (Phi) is 5.13. The summed E-state index contributed by atoms with van der Waals surface area (Å²) >= 11 is 1.41. The maximum Gasteiger partial charge on any atom is 0.209 e. The highest BCUT2D eigenvalue weighted by Gasteiger charge is 2.13. The van der Waals surface area contributed by atoms with Gasteiger partial charge in [0.25, 0.3) is 0 Å². The van der Waals surface area contributed by atoms with Gasteiger partial charge in [-0.25, -0.2) is 4.68 Å². The predicted molar refractivity (Wildman–Crippen MR) is 71.8 cm³/mol. The Morgan fingerprint density at radius 2 is 2.20 bits per heavy atom. The summed E-state index contributed by atoms with van der Waals surface area (Å²) in [6.45, 7) is 0.345. The minimum Gasteiger partial charge on any atom is -0.493 e. The summed E-state index contributed by atoms with van der Waals surface area (Å²) in [6.07, 6.45) is 1.66. The monoisotopic (exact) mass is 297 g/mol. The van der Waals surface area contributed by atoms with E-state index in [4.69, 9.17) is 14.6 Å². The van der Waals surface area contributed by atoms with Crippen molar-refractivity contribution in [2.24, 2.45) is 0 Å². The number of thioether (sulfide) groups is 1. The molecular weight excluding hydrogens is 282 g/mol. The van der Waals surface area contributed by atoms with E-state index < -0.39 is 0 Å². The molecular formula is C11H15N5O3S. The van der Waals surface area contributed by atoms with Gasteiger partial charge in [0, 0.05) is 18.0 Å². The van der Waals surface area contributed by atoms with Crippen molar-refractivity contribution in [2.45, 2.75) is 17.5 Å². The third kappa shape index (κ3) is 3.17. The number of hydrogen-bond acceptors (Lipinski definition) is 8. The van der Waals surface area contributed by atoms with Crippen molar-refractivity contribution >= 4 is 11.8 Å². The standard InChI is InChI=1S/C11H15N5O3S/c1-18-9-3-4-12-8(10(9)19-2)7-20-11-13-14-15-16(11)5-6-17/h3-4,17H,5-7H2,1-2H3. The van der Waals surface area contributed by atoms with Gasteiger partial charge in [-0.1, -0.05) is 11.8 Å². The quantitative estimate of drug-likeness (QED) is 0.732. The molecule has 1 N–H and O–H groups in total. The van der Waals surface area contributed by atoms with Crippen molar-refractivity contribution in [1.29, 1.82) is 0 Å². The molecule has 0 bridgehead atoms. The first-order valence-corrected chi connectivity index (χ1v) is 6.84. The van der Waals surface area contributed by atoms with Crippen LogP contribution in [0.25, 0.3) is 0 Å². The number of aromatic nitrogens is 5. The highest BCUT2D eigenvalue weighted by molar-refractivity contribution is 7.98. The van der Waals surface area contributed by atoms with Crippen LogP contribution in [0.15, 0.2) is 17.4 Å². The molecule has 0 aliphatic carbocycles. The normalized spacial score (nSPS) is 10.6. The molecule has 0 atom stereocenters. The molecule has 108 valence electrons. The van der Waals surface area contributed by atoms with E-state index in [0.29, 0.717) is 29.0 Å². The van der Waals surface area contributed by atoms with Gasteiger partial charge in [-0.2, -0.15) is 0 Å². The molecule has 8 nitrogen and oxygen atoms in total. The number of pyridine rings is 1. The lowest BCUT2D eigenvalue weighted by Gasteiger charge is -2.10. The molecule has 0 saturated carbocycles. The minimum atomic E-state index is -0.0146. The van der Waals surface area contributed by atoms with E-state index in [1.807, 2.05) is 0 Å². The maximum atomic E-state index is 8.92. The van der Waals surface area contributed by atoms with E-state index in [0.717, 1.165) is 5.69 Å². The second kappa shape index (κ2) is 7.06. The zero-order valence-electron chi connectivity index (χ0n) is 11.2. The van der Waals surface area contributed by atoms with Crippen LogP contribution in [0.3, 0.4) is 0 Å². The topological polar surface area (TPSA) is 95.2 Å². The molecule has 9 heteroatoms. The molecule has 0 aliphatic rings. The highest BCUT2D eigenvalue weighted by Crippen LogP contribution is 2.32. The van der Waals surface area contributed by atoms with Gasteiger partial charge in [0.15, 0.2) is 11.5 Å². The number of methoxy groups -OCH3 is 2. The second-order valence-corrected chi connectivity index (χ2v) is 4.63. The molecule has 0 unspecified atom stereocenters. The molecule has 0 saturated heterocycles. The van der Waals surface area contributed by atoms with Gasteiger partial charge in [-0.3, -0.25) is 4.98 Å². The molecule has 0 aliphatic heterocycles. The second-order valence-electron chi connectivity index (χ2n) is 3.69. The maximum absolute atomic E-state index is 8.92. The number of aliphatic hydroxyl groups excluding tert-OH is 1. The third-order valence-corrected chi connectivity index (χ3v) is 3.48. The summed E-state index contributed by atoms with van der Waals surface area (Å²) in [7, 11) is 3.15. The van der Waals surface area contributed by atoms with Crippen molar-refractivity contribution in [3.63, 3.8) is 0 Å². The molecule has 0 amide bonds. The van der Waals surface area contributed by atoms with Crippen molar-refractivity contribution < 1.29 is 14.6 Å². The fraction of sp³-hybridized carbons (Fsp3) is 0.455. The molecule has 2 heterocycles. The molecule has 20 heavy (non-hydrogen) atoms. The van der Waals surface area contributed by atoms with Crippen molar-refractivity contribution in [3.8, 4) is 11.5 Å². The van der Waals surface area contributed by atoms with E-state index in [-0.39, 0.29) is 6.61 Å². The van der Waals surface area contributed by atoms with Gasteiger partial charge in [0.2, 0.25) is 5.16 Å². The van der Waals surface area contributed by atoms with Crippen LogP contribution in [0.1, 0.15) is 5.69 Å². The predicted octanol–water partition coefficient (Wildman–Crippen LogP) is 0.370. The van der Waals surface area contributed by atoms with Gasteiger partial charge < -0.3 is 14.6 Å². The molecule has 2 aromatic rings. The minimum absolute atomic E-state index is 0.0146.